The molecule has 0 radical (unpaired) electrons. The summed E-state index contributed by atoms with van der Waals surface area (Å²) < 4.78 is 7.84. The molecule has 1 aliphatic rings. The second-order valence-corrected chi connectivity index (χ2v) is 8.17. The third-order valence-electron chi connectivity index (χ3n) is 6.24. The van der Waals surface area contributed by atoms with Crippen molar-refractivity contribution in [1.29, 1.82) is 0 Å². The average molecular weight is 415 g/mol. The molecule has 0 aliphatic carbocycles. The zero-order chi connectivity index (χ0) is 21.4. The number of carbonyl (C=O) groups excluding carboxylic acids is 2. The van der Waals surface area contributed by atoms with Crippen LogP contribution in [0, 0.1) is 5.92 Å². The fourth-order valence-electron chi connectivity index (χ4n) is 4.48. The van der Waals surface area contributed by atoms with Crippen molar-refractivity contribution in [3.8, 4) is 0 Å². The van der Waals surface area contributed by atoms with Crippen LogP contribution in [-0.2, 0) is 18.4 Å². The molecule has 2 amide bonds. The molecule has 2 aromatic heterocycles. The second-order valence-electron chi connectivity index (χ2n) is 8.17. The number of furan rings is 1. The van der Waals surface area contributed by atoms with Gasteiger partial charge in [0.25, 0.3) is 5.91 Å². The molecule has 5 rings (SSSR count). The van der Waals surface area contributed by atoms with Crippen LogP contribution >= 0.6 is 0 Å². The van der Waals surface area contributed by atoms with Crippen LogP contribution < -0.4 is 5.32 Å². The number of likely N-dealkylation sites (tertiary alicyclic amines) is 1. The molecule has 4 aromatic rings. The van der Waals surface area contributed by atoms with Gasteiger partial charge in [-0.1, -0.05) is 42.5 Å². The van der Waals surface area contributed by atoms with Crippen LogP contribution in [0.25, 0.3) is 22.1 Å². The number of nitrogens with one attached hydrogen (secondary N) is 1. The summed E-state index contributed by atoms with van der Waals surface area (Å²) in [7, 11) is 1.90. The molecule has 0 unspecified atom stereocenters. The molecule has 0 saturated carbocycles. The number of carbonyl (C=O) groups is 2. The van der Waals surface area contributed by atoms with E-state index in [4.69, 9.17) is 4.42 Å². The van der Waals surface area contributed by atoms with Gasteiger partial charge in [-0.25, -0.2) is 0 Å². The van der Waals surface area contributed by atoms with E-state index in [1.807, 2.05) is 77.2 Å². The van der Waals surface area contributed by atoms with Gasteiger partial charge < -0.3 is 19.2 Å². The van der Waals surface area contributed by atoms with Gasteiger partial charge in [0.1, 0.15) is 11.3 Å². The van der Waals surface area contributed by atoms with Crippen LogP contribution in [-0.4, -0.2) is 34.4 Å². The van der Waals surface area contributed by atoms with Gasteiger partial charge in [0.2, 0.25) is 5.91 Å². The summed E-state index contributed by atoms with van der Waals surface area (Å²) in [4.78, 5) is 27.6. The predicted molar refractivity (Wildman–Crippen MR) is 120 cm³/mol. The van der Waals surface area contributed by atoms with Gasteiger partial charge in [-0.2, -0.15) is 0 Å². The van der Waals surface area contributed by atoms with Gasteiger partial charge in [-0.3, -0.25) is 9.59 Å². The zero-order valence-electron chi connectivity index (χ0n) is 17.5. The van der Waals surface area contributed by atoms with Gasteiger partial charge >= 0.3 is 0 Å². The van der Waals surface area contributed by atoms with Gasteiger partial charge in [0.15, 0.2) is 5.58 Å². The van der Waals surface area contributed by atoms with Gasteiger partial charge in [-0.15, -0.1) is 0 Å². The highest BCUT2D eigenvalue weighted by Gasteiger charge is 2.29. The summed E-state index contributed by atoms with van der Waals surface area (Å²) >= 11 is 0. The molecule has 1 aliphatic heterocycles. The van der Waals surface area contributed by atoms with Crippen molar-refractivity contribution < 1.29 is 14.0 Å². The molecule has 1 fully saturated rings. The SMILES string of the molecule is Cn1c(C(=O)N2CCC(C(=O)NCc3ccccc3)CC2)cc2oc3ccccc3c21. The molecule has 158 valence electrons. The number of hydrogen-bond acceptors (Lipinski definition) is 3. The highest BCUT2D eigenvalue weighted by Crippen LogP contribution is 2.31. The largest absolute Gasteiger partial charge is 0.454 e. The van der Waals surface area contributed by atoms with E-state index in [1.165, 1.54) is 0 Å². The van der Waals surface area contributed by atoms with Gasteiger partial charge in [0.05, 0.1) is 5.52 Å². The van der Waals surface area contributed by atoms with E-state index < -0.39 is 0 Å². The lowest BCUT2D eigenvalue weighted by Gasteiger charge is -2.31. The number of aromatic nitrogens is 1. The fraction of sp³-hybridized carbons (Fsp3) is 0.280. The number of aryl methyl sites for hydroxylation is 1. The van der Waals surface area contributed by atoms with E-state index in [1.54, 1.807) is 0 Å². The van der Waals surface area contributed by atoms with E-state index in [2.05, 4.69) is 5.32 Å². The summed E-state index contributed by atoms with van der Waals surface area (Å²) in [5.74, 6) is 0.00122. The quantitative estimate of drug-likeness (QED) is 0.546. The summed E-state index contributed by atoms with van der Waals surface area (Å²) in [5, 5.41) is 4.03. The first-order valence-electron chi connectivity index (χ1n) is 10.7. The van der Waals surface area contributed by atoms with Crippen molar-refractivity contribution in [3.63, 3.8) is 0 Å². The van der Waals surface area contributed by atoms with Gasteiger partial charge in [0, 0.05) is 44.1 Å². The third kappa shape index (κ3) is 3.58. The average Bonchev–Trinajstić information content (AvgIpc) is 3.34. The third-order valence-corrected chi connectivity index (χ3v) is 6.24. The Morgan fingerprint density at radius 3 is 2.48 bits per heavy atom. The number of piperidine rings is 1. The lowest BCUT2D eigenvalue weighted by Crippen LogP contribution is -2.43. The number of benzene rings is 2. The van der Waals surface area contributed by atoms with Crippen molar-refractivity contribution >= 4 is 33.9 Å². The predicted octanol–water partition coefficient (Wildman–Crippen LogP) is 4.09. The molecule has 1 saturated heterocycles. The highest BCUT2D eigenvalue weighted by molar-refractivity contribution is 6.07. The normalized spacial score (nSPS) is 14.9. The monoisotopic (exact) mass is 415 g/mol. The van der Waals surface area contributed by atoms with Crippen molar-refractivity contribution in [2.24, 2.45) is 13.0 Å². The standard InChI is InChI=1S/C25H25N3O3/c1-27-20(15-22-23(27)19-9-5-6-10-21(19)31-22)25(30)28-13-11-18(12-14-28)24(29)26-16-17-7-3-2-4-8-17/h2-10,15,18H,11-14,16H2,1H3,(H,26,29). The number of hydrogen-bond donors (Lipinski definition) is 1. The molecule has 6 heteroatoms. The van der Waals surface area contributed by atoms with Crippen molar-refractivity contribution in [1.82, 2.24) is 14.8 Å². The number of rotatable bonds is 4. The van der Waals surface area contributed by atoms with Crippen LogP contribution in [0.2, 0.25) is 0 Å². The number of fused-ring (bicyclic) bond motifs is 3. The molecule has 3 heterocycles. The van der Waals surface area contributed by atoms with Gasteiger partial charge in [-0.05, 0) is 30.5 Å². The zero-order valence-corrected chi connectivity index (χ0v) is 17.5. The maximum atomic E-state index is 13.2. The van der Waals surface area contributed by atoms with Crippen LogP contribution in [0.15, 0.2) is 65.1 Å². The first-order valence-corrected chi connectivity index (χ1v) is 10.7. The van der Waals surface area contributed by atoms with Crippen LogP contribution in [0.3, 0.4) is 0 Å². The van der Waals surface area contributed by atoms with E-state index >= 15 is 0 Å². The number of amides is 2. The maximum absolute atomic E-state index is 13.2. The van der Waals surface area contributed by atoms with E-state index in [0.29, 0.717) is 38.2 Å². The summed E-state index contributed by atoms with van der Waals surface area (Å²) in [6.45, 7) is 1.69. The lowest BCUT2D eigenvalue weighted by atomic mass is 9.95. The molecule has 1 N–H and O–H groups in total. The lowest BCUT2D eigenvalue weighted by molar-refractivity contribution is -0.126. The molecule has 0 atom stereocenters. The van der Waals surface area contributed by atoms with Crippen LogP contribution in [0.5, 0.6) is 0 Å². The molecule has 0 spiro atoms. The molecule has 2 aromatic carbocycles. The first-order chi connectivity index (χ1) is 15.1. The highest BCUT2D eigenvalue weighted by atomic mass is 16.3. The van der Waals surface area contributed by atoms with Crippen molar-refractivity contribution in [2.45, 2.75) is 19.4 Å². The topological polar surface area (TPSA) is 67.5 Å². The number of nitrogens with zero attached hydrogens (tertiary/aromatic N) is 2. The fourth-order valence-corrected chi connectivity index (χ4v) is 4.48. The minimum Gasteiger partial charge on any atom is -0.454 e. The Hall–Kier alpha value is -3.54. The first kappa shape index (κ1) is 19.4. The summed E-state index contributed by atoms with van der Waals surface area (Å²) in [6.07, 6.45) is 1.35. The molecule has 31 heavy (non-hydrogen) atoms. The number of para-hydroxylation sites is 1. The Morgan fingerprint density at radius 2 is 1.71 bits per heavy atom. The second kappa shape index (κ2) is 7.95. The Morgan fingerprint density at radius 1 is 1.00 bits per heavy atom. The van der Waals surface area contributed by atoms with Crippen molar-refractivity contribution in [2.75, 3.05) is 13.1 Å². The molecule has 6 nitrogen and oxygen atoms in total. The van der Waals surface area contributed by atoms with Crippen LogP contribution in [0.4, 0.5) is 0 Å². The minimum atomic E-state index is -0.0543. The Bertz CT molecular complexity index is 1250. The Labute approximate surface area is 180 Å². The smallest absolute Gasteiger partial charge is 0.270 e. The molecular weight excluding hydrogens is 390 g/mol. The summed E-state index contributed by atoms with van der Waals surface area (Å²) in [6, 6.07) is 19.6. The van der Waals surface area contributed by atoms with Crippen LogP contribution in [0.1, 0.15) is 28.9 Å². The minimum absolute atomic E-state index is 0.0128. The molecular formula is C25H25N3O3. The van der Waals surface area contributed by atoms with Crippen molar-refractivity contribution in [3.05, 3.63) is 71.9 Å². The van der Waals surface area contributed by atoms with E-state index in [-0.39, 0.29) is 17.7 Å². The van der Waals surface area contributed by atoms with E-state index in [0.717, 1.165) is 27.6 Å². The Balaban J connectivity index is 1.24. The Kier molecular flexibility index (Phi) is 4.98. The maximum Gasteiger partial charge on any atom is 0.270 e. The summed E-state index contributed by atoms with van der Waals surface area (Å²) in [5.41, 5.74) is 4.19. The molecule has 0 bridgehead atoms. The van der Waals surface area contributed by atoms with E-state index in [9.17, 15) is 9.59 Å².